The van der Waals surface area contributed by atoms with Crippen LogP contribution in [0.4, 0.5) is 4.79 Å². The topological polar surface area (TPSA) is 128 Å². The van der Waals surface area contributed by atoms with Crippen molar-refractivity contribution in [1.82, 2.24) is 19.7 Å². The number of nitrogens with two attached hydrogens (primary N) is 1. The van der Waals surface area contributed by atoms with Crippen molar-refractivity contribution >= 4 is 23.8 Å². The molecule has 1 aromatic carbocycles. The zero-order chi connectivity index (χ0) is 17.3. The van der Waals surface area contributed by atoms with E-state index in [9.17, 15) is 19.2 Å². The van der Waals surface area contributed by atoms with Crippen molar-refractivity contribution in [2.24, 2.45) is 5.73 Å². The molecule has 0 unspecified atom stereocenters. The molecule has 2 heterocycles. The molecular formula is C14H11N5O5. The van der Waals surface area contributed by atoms with Crippen LogP contribution < -0.4 is 10.6 Å². The maximum absolute atomic E-state index is 12.4. The lowest BCUT2D eigenvalue weighted by atomic mass is 10.1. The molecule has 0 atom stereocenters. The van der Waals surface area contributed by atoms with E-state index in [0.29, 0.717) is 10.0 Å². The van der Waals surface area contributed by atoms with Crippen LogP contribution in [0.2, 0.25) is 0 Å². The number of carbonyl (C=O) groups is 4. The van der Waals surface area contributed by atoms with Crippen LogP contribution >= 0.6 is 0 Å². The van der Waals surface area contributed by atoms with Crippen molar-refractivity contribution in [3.63, 3.8) is 0 Å². The van der Waals surface area contributed by atoms with Crippen LogP contribution in [0.25, 0.3) is 0 Å². The zero-order valence-electron chi connectivity index (χ0n) is 12.2. The second kappa shape index (κ2) is 5.83. The monoisotopic (exact) mass is 329 g/mol. The van der Waals surface area contributed by atoms with Gasteiger partial charge in [0.05, 0.1) is 17.3 Å². The van der Waals surface area contributed by atoms with Gasteiger partial charge < -0.3 is 10.6 Å². The van der Waals surface area contributed by atoms with E-state index >= 15 is 0 Å². The first-order valence-corrected chi connectivity index (χ1v) is 6.73. The predicted molar refractivity (Wildman–Crippen MR) is 77.0 cm³/mol. The number of primary amides is 1. The summed E-state index contributed by atoms with van der Waals surface area (Å²) < 4.78 is 0.953. The van der Waals surface area contributed by atoms with Gasteiger partial charge in [-0.25, -0.2) is 9.78 Å². The fraction of sp³-hybridized carbons (Fsp3) is 0.0714. The Labute approximate surface area is 134 Å². The van der Waals surface area contributed by atoms with Gasteiger partial charge in [0.25, 0.3) is 11.8 Å². The first-order chi connectivity index (χ1) is 11.5. The minimum atomic E-state index is -1.14. The van der Waals surface area contributed by atoms with Crippen LogP contribution in [0.15, 0.2) is 43.0 Å². The molecule has 1 aliphatic heterocycles. The van der Waals surface area contributed by atoms with Crippen molar-refractivity contribution in [2.45, 2.75) is 0 Å². The van der Waals surface area contributed by atoms with E-state index in [2.05, 4.69) is 4.98 Å². The first kappa shape index (κ1) is 15.2. The van der Waals surface area contributed by atoms with Gasteiger partial charge in [-0.2, -0.15) is 14.7 Å². The molecule has 0 radical (unpaired) electrons. The Hall–Kier alpha value is -3.69. The standard InChI is InChI=1S/C14H11N5O5/c15-11(20)7-18(14(23)24-17-6-5-16-8-17)19-12(21)9-3-1-2-4-10(9)13(19)22/h1-6,8H,7H2,(H2,15,20). The van der Waals surface area contributed by atoms with Crippen LogP contribution in [-0.2, 0) is 4.79 Å². The molecule has 3 rings (SSSR count). The maximum Gasteiger partial charge on any atom is 0.454 e. The van der Waals surface area contributed by atoms with Crippen molar-refractivity contribution in [3.05, 3.63) is 54.1 Å². The summed E-state index contributed by atoms with van der Waals surface area (Å²) in [6.45, 7) is -0.709. The molecule has 24 heavy (non-hydrogen) atoms. The Morgan fingerprint density at radius 1 is 1.17 bits per heavy atom. The van der Waals surface area contributed by atoms with Crippen LogP contribution in [-0.4, -0.2) is 50.1 Å². The van der Waals surface area contributed by atoms with E-state index in [0.717, 1.165) is 4.73 Å². The highest BCUT2D eigenvalue weighted by Crippen LogP contribution is 2.24. The molecule has 2 N–H and O–H groups in total. The molecule has 1 aliphatic rings. The molecule has 1 aromatic heterocycles. The van der Waals surface area contributed by atoms with Crippen molar-refractivity contribution in [2.75, 3.05) is 6.54 Å². The van der Waals surface area contributed by atoms with Crippen LogP contribution in [0.1, 0.15) is 20.7 Å². The summed E-state index contributed by atoms with van der Waals surface area (Å²) in [5, 5.41) is 1.09. The quantitative estimate of drug-likeness (QED) is 0.748. The third kappa shape index (κ3) is 2.56. The lowest BCUT2D eigenvalue weighted by Gasteiger charge is -2.27. The Balaban J connectivity index is 1.92. The Morgan fingerprint density at radius 3 is 2.29 bits per heavy atom. The minimum absolute atomic E-state index is 0.118. The number of hydrogen-bond acceptors (Lipinski definition) is 6. The molecule has 0 saturated heterocycles. The van der Waals surface area contributed by atoms with E-state index in [-0.39, 0.29) is 11.1 Å². The van der Waals surface area contributed by atoms with Gasteiger partial charge in [0, 0.05) is 6.20 Å². The molecule has 0 bridgehead atoms. The number of imide groups is 1. The van der Waals surface area contributed by atoms with Gasteiger partial charge in [0.15, 0.2) is 0 Å². The average molecular weight is 329 g/mol. The van der Waals surface area contributed by atoms with Crippen molar-refractivity contribution in [3.8, 4) is 0 Å². The SMILES string of the molecule is NC(=O)CN(C(=O)On1ccnc1)N1C(=O)c2ccccc2C1=O. The van der Waals surface area contributed by atoms with Gasteiger partial charge in [0.2, 0.25) is 5.91 Å². The molecule has 4 amide bonds. The second-order valence-corrected chi connectivity index (χ2v) is 4.77. The van der Waals surface area contributed by atoms with Gasteiger partial charge >= 0.3 is 6.09 Å². The van der Waals surface area contributed by atoms with E-state index in [1.807, 2.05) is 0 Å². The second-order valence-electron chi connectivity index (χ2n) is 4.77. The third-order valence-electron chi connectivity index (χ3n) is 3.19. The summed E-state index contributed by atoms with van der Waals surface area (Å²) in [6, 6.07) is 6.05. The number of aromatic nitrogens is 2. The van der Waals surface area contributed by atoms with E-state index in [4.69, 9.17) is 10.6 Å². The number of amides is 4. The lowest BCUT2D eigenvalue weighted by molar-refractivity contribution is -0.121. The van der Waals surface area contributed by atoms with Gasteiger partial charge in [-0.1, -0.05) is 12.1 Å². The molecule has 122 valence electrons. The molecule has 0 aliphatic carbocycles. The van der Waals surface area contributed by atoms with E-state index < -0.39 is 30.4 Å². The molecule has 10 nitrogen and oxygen atoms in total. The number of hydrogen-bond donors (Lipinski definition) is 1. The average Bonchev–Trinajstić information content (AvgIpc) is 3.14. The maximum atomic E-state index is 12.4. The Bertz CT molecular complexity index is 797. The first-order valence-electron chi connectivity index (χ1n) is 6.73. The summed E-state index contributed by atoms with van der Waals surface area (Å²) in [6.07, 6.45) is 2.72. The number of imidazole rings is 1. The molecule has 0 fully saturated rings. The molecular weight excluding hydrogens is 318 g/mol. The normalized spacial score (nSPS) is 12.9. The molecule has 0 saturated carbocycles. The Kier molecular flexibility index (Phi) is 3.70. The minimum Gasteiger partial charge on any atom is -0.368 e. The van der Waals surface area contributed by atoms with Crippen LogP contribution in [0.5, 0.6) is 0 Å². The molecule has 0 spiro atoms. The summed E-state index contributed by atoms with van der Waals surface area (Å²) >= 11 is 0. The summed E-state index contributed by atoms with van der Waals surface area (Å²) in [5.41, 5.74) is 5.35. The number of carbonyl (C=O) groups excluding carboxylic acids is 4. The van der Waals surface area contributed by atoms with Gasteiger partial charge in [-0.05, 0) is 12.1 Å². The van der Waals surface area contributed by atoms with Crippen LogP contribution in [0, 0.1) is 0 Å². The highest BCUT2D eigenvalue weighted by Gasteiger charge is 2.42. The highest BCUT2D eigenvalue weighted by molar-refractivity contribution is 6.21. The summed E-state index contributed by atoms with van der Waals surface area (Å²) in [5.74, 6) is -2.42. The largest absolute Gasteiger partial charge is 0.454 e. The smallest absolute Gasteiger partial charge is 0.368 e. The molecule has 2 aromatic rings. The van der Waals surface area contributed by atoms with Crippen molar-refractivity contribution < 1.29 is 24.0 Å². The molecule has 10 heteroatoms. The highest BCUT2D eigenvalue weighted by atomic mass is 16.7. The van der Waals surface area contributed by atoms with Gasteiger partial charge in [-0.3, -0.25) is 14.4 Å². The zero-order valence-corrected chi connectivity index (χ0v) is 12.2. The lowest BCUT2D eigenvalue weighted by Crippen LogP contribution is -2.54. The fourth-order valence-corrected chi connectivity index (χ4v) is 2.20. The number of fused-ring (bicyclic) bond motifs is 1. The predicted octanol–water partition coefficient (Wildman–Crippen LogP) is -0.570. The van der Waals surface area contributed by atoms with Crippen LogP contribution in [0.3, 0.4) is 0 Å². The van der Waals surface area contributed by atoms with Gasteiger partial charge in [0.1, 0.15) is 12.9 Å². The number of hydrazine groups is 1. The van der Waals surface area contributed by atoms with Crippen molar-refractivity contribution in [1.29, 1.82) is 0 Å². The van der Waals surface area contributed by atoms with Gasteiger partial charge in [-0.15, -0.1) is 0 Å². The summed E-state index contributed by atoms with van der Waals surface area (Å²) in [7, 11) is 0. The number of nitrogens with zero attached hydrogens (tertiary/aromatic N) is 4. The third-order valence-corrected chi connectivity index (χ3v) is 3.19. The fourth-order valence-electron chi connectivity index (χ4n) is 2.20. The van der Waals surface area contributed by atoms with E-state index in [1.54, 1.807) is 12.1 Å². The number of benzene rings is 1. The Morgan fingerprint density at radius 2 is 1.79 bits per heavy atom. The number of rotatable bonds is 4. The van der Waals surface area contributed by atoms with E-state index in [1.165, 1.54) is 30.9 Å². The summed E-state index contributed by atoms with van der Waals surface area (Å²) in [4.78, 5) is 57.0.